The van der Waals surface area contributed by atoms with Crippen LogP contribution in [0.4, 0.5) is 5.82 Å². The van der Waals surface area contributed by atoms with Gasteiger partial charge in [0.1, 0.15) is 11.5 Å². The van der Waals surface area contributed by atoms with Gasteiger partial charge in [0.15, 0.2) is 10.8 Å². The van der Waals surface area contributed by atoms with Crippen LogP contribution in [-0.4, -0.2) is 42.2 Å². The van der Waals surface area contributed by atoms with Gasteiger partial charge in [-0.25, -0.2) is 9.97 Å². The van der Waals surface area contributed by atoms with Crippen molar-refractivity contribution in [1.29, 1.82) is 0 Å². The number of nitrogens with one attached hydrogen (secondary N) is 1. The number of aromatic nitrogens is 2. The number of ether oxygens (including phenoxy) is 1. The van der Waals surface area contributed by atoms with E-state index in [1.807, 2.05) is 18.2 Å². The first-order valence-electron chi connectivity index (χ1n) is 8.35. The van der Waals surface area contributed by atoms with Crippen LogP contribution in [0.2, 0.25) is 0 Å². The number of hydrogen-bond donors (Lipinski definition) is 1. The molecule has 1 amide bonds. The molecule has 8 heteroatoms. The molecule has 0 radical (unpaired) electrons. The molecular formula is C18H18N4O3S. The SMILES string of the molecule is O=C(NCc1cccnc1N1CCOCC1)c1csc(-c2ccco2)n1. The Bertz CT molecular complexity index is 872. The minimum absolute atomic E-state index is 0.212. The second-order valence-corrected chi connectivity index (χ2v) is 6.64. The molecule has 1 aliphatic rings. The number of pyridine rings is 1. The van der Waals surface area contributed by atoms with Crippen LogP contribution in [0.5, 0.6) is 0 Å². The van der Waals surface area contributed by atoms with Crippen LogP contribution in [0.3, 0.4) is 0 Å². The van der Waals surface area contributed by atoms with Crippen molar-refractivity contribution in [2.45, 2.75) is 6.54 Å². The Hall–Kier alpha value is -2.71. The predicted molar refractivity (Wildman–Crippen MR) is 98.3 cm³/mol. The summed E-state index contributed by atoms with van der Waals surface area (Å²) >= 11 is 1.38. The number of thiazole rings is 1. The second kappa shape index (κ2) is 7.67. The summed E-state index contributed by atoms with van der Waals surface area (Å²) in [6.45, 7) is 3.38. The van der Waals surface area contributed by atoms with E-state index in [1.165, 1.54) is 11.3 Å². The first-order chi connectivity index (χ1) is 12.8. The molecule has 1 fully saturated rings. The number of furan rings is 1. The summed E-state index contributed by atoms with van der Waals surface area (Å²) in [4.78, 5) is 23.5. The highest BCUT2D eigenvalue weighted by Crippen LogP contribution is 2.24. The first-order valence-corrected chi connectivity index (χ1v) is 9.23. The highest BCUT2D eigenvalue weighted by molar-refractivity contribution is 7.13. The molecule has 1 N–H and O–H groups in total. The Kier molecular flexibility index (Phi) is 4.94. The Balaban J connectivity index is 1.43. The standard InChI is InChI=1S/C18H18N4O3S/c23-17(14-12-26-18(21-14)15-4-2-8-25-15)20-11-13-3-1-5-19-16(13)22-6-9-24-10-7-22/h1-5,8,12H,6-7,9-11H2,(H,20,23). The Morgan fingerprint density at radius 1 is 1.27 bits per heavy atom. The molecule has 0 spiro atoms. The van der Waals surface area contributed by atoms with Gasteiger partial charge in [-0.3, -0.25) is 4.79 Å². The number of nitrogens with zero attached hydrogens (tertiary/aromatic N) is 3. The van der Waals surface area contributed by atoms with Crippen molar-refractivity contribution in [2.75, 3.05) is 31.2 Å². The van der Waals surface area contributed by atoms with Crippen molar-refractivity contribution in [2.24, 2.45) is 0 Å². The van der Waals surface area contributed by atoms with E-state index in [-0.39, 0.29) is 5.91 Å². The first kappa shape index (κ1) is 16.7. The number of rotatable bonds is 5. The van der Waals surface area contributed by atoms with Gasteiger partial charge in [-0.15, -0.1) is 11.3 Å². The molecule has 1 saturated heterocycles. The van der Waals surface area contributed by atoms with E-state index in [2.05, 4.69) is 20.2 Å². The number of carbonyl (C=O) groups is 1. The maximum atomic E-state index is 12.4. The van der Waals surface area contributed by atoms with Gasteiger partial charge in [-0.05, 0) is 18.2 Å². The fourth-order valence-electron chi connectivity index (χ4n) is 2.79. The molecule has 134 valence electrons. The van der Waals surface area contributed by atoms with Gasteiger partial charge >= 0.3 is 0 Å². The summed E-state index contributed by atoms with van der Waals surface area (Å²) in [5, 5.41) is 5.36. The van der Waals surface area contributed by atoms with E-state index in [0.717, 1.165) is 24.5 Å². The number of morpholine rings is 1. The van der Waals surface area contributed by atoms with Crippen LogP contribution in [0, 0.1) is 0 Å². The molecule has 3 aromatic rings. The number of amides is 1. The lowest BCUT2D eigenvalue weighted by Gasteiger charge is -2.29. The molecule has 0 bridgehead atoms. The molecule has 0 atom stereocenters. The summed E-state index contributed by atoms with van der Waals surface area (Å²) in [6, 6.07) is 7.48. The molecule has 3 aromatic heterocycles. The van der Waals surface area contributed by atoms with Gasteiger partial charge in [-0.1, -0.05) is 6.07 Å². The number of anilines is 1. The zero-order valence-corrected chi connectivity index (χ0v) is 14.9. The molecule has 4 rings (SSSR count). The summed E-state index contributed by atoms with van der Waals surface area (Å²) < 4.78 is 10.7. The Labute approximate surface area is 154 Å². The van der Waals surface area contributed by atoms with Gasteiger partial charge in [0, 0.05) is 36.8 Å². The lowest BCUT2D eigenvalue weighted by Crippen LogP contribution is -2.37. The summed E-state index contributed by atoms with van der Waals surface area (Å²) in [5.74, 6) is 1.34. The lowest BCUT2D eigenvalue weighted by molar-refractivity contribution is 0.0946. The highest BCUT2D eigenvalue weighted by atomic mass is 32.1. The van der Waals surface area contributed by atoms with Crippen LogP contribution in [0.25, 0.3) is 10.8 Å². The van der Waals surface area contributed by atoms with Crippen LogP contribution >= 0.6 is 11.3 Å². The van der Waals surface area contributed by atoms with E-state index in [4.69, 9.17) is 9.15 Å². The third-order valence-corrected chi connectivity index (χ3v) is 4.94. The van der Waals surface area contributed by atoms with Gasteiger partial charge < -0.3 is 19.4 Å². The normalized spacial score (nSPS) is 14.4. The predicted octanol–water partition coefficient (Wildman–Crippen LogP) is 2.56. The molecular weight excluding hydrogens is 352 g/mol. The fraction of sp³-hybridized carbons (Fsp3) is 0.278. The van der Waals surface area contributed by atoms with Crippen molar-refractivity contribution in [1.82, 2.24) is 15.3 Å². The molecule has 26 heavy (non-hydrogen) atoms. The summed E-state index contributed by atoms with van der Waals surface area (Å²) in [6.07, 6.45) is 3.36. The molecule has 0 unspecified atom stereocenters. The quantitative estimate of drug-likeness (QED) is 0.743. The second-order valence-electron chi connectivity index (χ2n) is 5.78. The largest absolute Gasteiger partial charge is 0.462 e. The highest BCUT2D eigenvalue weighted by Gasteiger charge is 2.17. The average molecular weight is 370 g/mol. The smallest absolute Gasteiger partial charge is 0.271 e. The van der Waals surface area contributed by atoms with Crippen molar-refractivity contribution in [3.63, 3.8) is 0 Å². The minimum Gasteiger partial charge on any atom is -0.462 e. The van der Waals surface area contributed by atoms with Crippen LogP contribution in [0.1, 0.15) is 16.1 Å². The summed E-state index contributed by atoms with van der Waals surface area (Å²) in [7, 11) is 0. The maximum absolute atomic E-state index is 12.4. The zero-order chi connectivity index (χ0) is 17.8. The molecule has 0 saturated carbocycles. The monoisotopic (exact) mass is 370 g/mol. The van der Waals surface area contributed by atoms with E-state index in [0.29, 0.717) is 36.2 Å². The van der Waals surface area contributed by atoms with Gasteiger partial charge in [-0.2, -0.15) is 0 Å². The van der Waals surface area contributed by atoms with E-state index < -0.39 is 0 Å². The molecule has 0 aromatic carbocycles. The fourth-order valence-corrected chi connectivity index (χ4v) is 3.55. The van der Waals surface area contributed by atoms with Crippen molar-refractivity contribution in [3.05, 3.63) is 53.4 Å². The molecule has 0 aliphatic carbocycles. The number of hydrogen-bond acceptors (Lipinski definition) is 7. The molecule has 7 nitrogen and oxygen atoms in total. The minimum atomic E-state index is -0.212. The molecule has 4 heterocycles. The van der Waals surface area contributed by atoms with Crippen LogP contribution < -0.4 is 10.2 Å². The van der Waals surface area contributed by atoms with Crippen LogP contribution in [-0.2, 0) is 11.3 Å². The average Bonchev–Trinajstić information content (AvgIpc) is 3.38. The Morgan fingerprint density at radius 3 is 2.96 bits per heavy atom. The topological polar surface area (TPSA) is 80.5 Å². The van der Waals surface area contributed by atoms with E-state index in [9.17, 15) is 4.79 Å². The third-order valence-electron chi connectivity index (χ3n) is 4.09. The lowest BCUT2D eigenvalue weighted by atomic mass is 10.2. The van der Waals surface area contributed by atoms with E-state index >= 15 is 0 Å². The maximum Gasteiger partial charge on any atom is 0.271 e. The zero-order valence-electron chi connectivity index (χ0n) is 14.1. The van der Waals surface area contributed by atoms with Crippen molar-refractivity contribution >= 4 is 23.1 Å². The van der Waals surface area contributed by atoms with Gasteiger partial charge in [0.25, 0.3) is 5.91 Å². The van der Waals surface area contributed by atoms with Gasteiger partial charge in [0.2, 0.25) is 0 Å². The summed E-state index contributed by atoms with van der Waals surface area (Å²) in [5.41, 5.74) is 1.36. The van der Waals surface area contributed by atoms with Gasteiger partial charge in [0.05, 0.1) is 19.5 Å². The number of carbonyl (C=O) groups excluding carboxylic acids is 1. The third kappa shape index (κ3) is 3.61. The van der Waals surface area contributed by atoms with Crippen LogP contribution in [0.15, 0.2) is 46.5 Å². The van der Waals surface area contributed by atoms with E-state index in [1.54, 1.807) is 23.9 Å². The van der Waals surface area contributed by atoms with Crippen molar-refractivity contribution < 1.29 is 13.9 Å². The Morgan fingerprint density at radius 2 is 2.15 bits per heavy atom. The van der Waals surface area contributed by atoms with Crippen molar-refractivity contribution in [3.8, 4) is 10.8 Å². The molecule has 1 aliphatic heterocycles.